The van der Waals surface area contributed by atoms with Crippen molar-refractivity contribution in [2.75, 3.05) is 0 Å². The molecule has 0 atom stereocenters. The second kappa shape index (κ2) is 6.87. The van der Waals surface area contributed by atoms with Crippen molar-refractivity contribution in [2.24, 2.45) is 5.10 Å². The van der Waals surface area contributed by atoms with E-state index in [0.29, 0.717) is 6.07 Å². The Labute approximate surface area is 132 Å². The van der Waals surface area contributed by atoms with Gasteiger partial charge in [0.05, 0.1) is 33.9 Å². The number of hydrogen-bond acceptors (Lipinski definition) is 9. The molecule has 12 nitrogen and oxygen atoms in total. The van der Waals surface area contributed by atoms with Crippen LogP contribution in [0.2, 0.25) is 0 Å². The fourth-order valence-electron chi connectivity index (χ4n) is 1.60. The Bertz CT molecular complexity index is 837. The molecule has 2 rings (SSSR count). The van der Waals surface area contributed by atoms with Gasteiger partial charge in [0.15, 0.2) is 0 Å². The normalized spacial score (nSPS) is 10.5. The van der Waals surface area contributed by atoms with Gasteiger partial charge in [0, 0.05) is 18.5 Å². The molecule has 0 spiro atoms. The quantitative estimate of drug-likeness (QED) is 0.458. The lowest BCUT2D eigenvalue weighted by molar-refractivity contribution is -0.394. The molecule has 0 aliphatic carbocycles. The molecule has 0 aliphatic heterocycles. The Hall–Kier alpha value is -3.96. The van der Waals surface area contributed by atoms with Crippen molar-refractivity contribution >= 4 is 23.5 Å². The maximum Gasteiger partial charge on any atom is 0.318 e. The average molecular weight is 332 g/mol. The first-order valence-electron chi connectivity index (χ1n) is 6.15. The van der Waals surface area contributed by atoms with E-state index in [-0.39, 0.29) is 11.3 Å². The fourth-order valence-corrected chi connectivity index (χ4v) is 1.60. The van der Waals surface area contributed by atoms with Crippen molar-refractivity contribution in [1.82, 2.24) is 15.4 Å². The van der Waals surface area contributed by atoms with Crippen LogP contribution in [-0.4, -0.2) is 37.0 Å². The number of hydrogen-bond donors (Lipinski definition) is 2. The SMILES string of the molecule is O=C(NN=Cc1cc([N+](=O)[O-])cc([N+](=O)[O-])c1O)c1cnccn1. The number of amides is 1. The molecular weight excluding hydrogens is 324 g/mol. The van der Waals surface area contributed by atoms with Gasteiger partial charge in [-0.15, -0.1) is 0 Å². The van der Waals surface area contributed by atoms with Crippen molar-refractivity contribution in [3.63, 3.8) is 0 Å². The summed E-state index contributed by atoms with van der Waals surface area (Å²) in [7, 11) is 0. The first kappa shape index (κ1) is 16.4. The minimum Gasteiger partial charge on any atom is -0.502 e. The minimum atomic E-state index is -0.974. The van der Waals surface area contributed by atoms with Crippen LogP contribution < -0.4 is 5.43 Å². The van der Waals surface area contributed by atoms with Gasteiger partial charge in [0.2, 0.25) is 5.75 Å². The van der Waals surface area contributed by atoms with Crippen LogP contribution in [0.25, 0.3) is 0 Å². The fraction of sp³-hybridized carbons (Fsp3) is 0. The molecule has 0 saturated carbocycles. The highest BCUT2D eigenvalue weighted by Crippen LogP contribution is 2.33. The molecule has 0 saturated heterocycles. The van der Waals surface area contributed by atoms with Gasteiger partial charge in [-0.25, -0.2) is 10.4 Å². The van der Waals surface area contributed by atoms with Crippen molar-refractivity contribution in [1.29, 1.82) is 0 Å². The molecule has 1 aromatic carbocycles. The van der Waals surface area contributed by atoms with Crippen molar-refractivity contribution in [2.45, 2.75) is 0 Å². The summed E-state index contributed by atoms with van der Waals surface area (Å²) in [6, 6.07) is 1.49. The third-order valence-electron chi connectivity index (χ3n) is 2.68. The van der Waals surface area contributed by atoms with E-state index in [9.17, 15) is 30.1 Å². The lowest BCUT2D eigenvalue weighted by Crippen LogP contribution is -2.19. The predicted octanol–water partition coefficient (Wildman–Crippen LogP) is 0.762. The van der Waals surface area contributed by atoms with Crippen LogP contribution in [0, 0.1) is 20.2 Å². The lowest BCUT2D eigenvalue weighted by Gasteiger charge is -2.01. The largest absolute Gasteiger partial charge is 0.502 e. The summed E-state index contributed by atoms with van der Waals surface area (Å²) in [5, 5.41) is 34.8. The smallest absolute Gasteiger partial charge is 0.318 e. The summed E-state index contributed by atoms with van der Waals surface area (Å²) in [6.45, 7) is 0. The van der Waals surface area contributed by atoms with Crippen LogP contribution >= 0.6 is 0 Å². The summed E-state index contributed by atoms with van der Waals surface area (Å²) in [5.41, 5.74) is 0.236. The monoisotopic (exact) mass is 332 g/mol. The number of hydrazone groups is 1. The van der Waals surface area contributed by atoms with Gasteiger partial charge in [0.1, 0.15) is 5.69 Å². The molecule has 1 amide bonds. The molecule has 24 heavy (non-hydrogen) atoms. The highest BCUT2D eigenvalue weighted by Gasteiger charge is 2.23. The Morgan fingerprint density at radius 3 is 2.58 bits per heavy atom. The maximum absolute atomic E-state index is 11.7. The first-order valence-corrected chi connectivity index (χ1v) is 6.15. The molecule has 1 heterocycles. The number of nitrogens with zero attached hydrogens (tertiary/aromatic N) is 5. The maximum atomic E-state index is 11.7. The molecule has 0 radical (unpaired) electrons. The summed E-state index contributed by atoms with van der Waals surface area (Å²) in [6.07, 6.45) is 4.67. The molecular formula is C12H8N6O6. The van der Waals surface area contributed by atoms with Gasteiger partial charge >= 0.3 is 5.69 Å². The topological polar surface area (TPSA) is 174 Å². The van der Waals surface area contributed by atoms with E-state index in [1.54, 1.807) is 0 Å². The molecule has 122 valence electrons. The van der Waals surface area contributed by atoms with Gasteiger partial charge in [-0.3, -0.25) is 30.0 Å². The average Bonchev–Trinajstić information content (AvgIpc) is 2.56. The third-order valence-corrected chi connectivity index (χ3v) is 2.68. The molecule has 0 unspecified atom stereocenters. The summed E-state index contributed by atoms with van der Waals surface area (Å²) < 4.78 is 0. The molecule has 12 heteroatoms. The van der Waals surface area contributed by atoms with Crippen LogP contribution in [-0.2, 0) is 0 Å². The van der Waals surface area contributed by atoms with Crippen LogP contribution in [0.15, 0.2) is 35.8 Å². The lowest BCUT2D eigenvalue weighted by atomic mass is 10.1. The van der Waals surface area contributed by atoms with E-state index in [1.807, 2.05) is 5.43 Å². The van der Waals surface area contributed by atoms with Gasteiger partial charge in [0.25, 0.3) is 11.6 Å². The number of nitro benzene ring substituents is 2. The number of benzene rings is 1. The Morgan fingerprint density at radius 2 is 2.00 bits per heavy atom. The number of rotatable bonds is 5. The first-order chi connectivity index (χ1) is 11.4. The van der Waals surface area contributed by atoms with Gasteiger partial charge in [-0.05, 0) is 0 Å². The standard InChI is InChI=1S/C12H8N6O6/c19-11-7(3-8(17(21)22)4-10(11)18(23)24)5-15-16-12(20)9-6-13-1-2-14-9/h1-6,19H,(H,16,20). The van der Waals surface area contributed by atoms with E-state index in [1.165, 1.54) is 18.6 Å². The van der Waals surface area contributed by atoms with Gasteiger partial charge < -0.3 is 5.11 Å². The zero-order valence-corrected chi connectivity index (χ0v) is 11.7. The van der Waals surface area contributed by atoms with E-state index in [4.69, 9.17) is 0 Å². The summed E-state index contributed by atoms with van der Waals surface area (Å²) in [5.74, 6) is -1.54. The Kier molecular flexibility index (Phi) is 4.70. The van der Waals surface area contributed by atoms with Crippen molar-refractivity contribution in [3.05, 3.63) is 62.2 Å². The van der Waals surface area contributed by atoms with Gasteiger partial charge in [-0.2, -0.15) is 5.10 Å². The number of aromatic nitrogens is 2. The third kappa shape index (κ3) is 3.62. The number of carbonyl (C=O) groups excluding carboxylic acids is 1. The van der Waals surface area contributed by atoms with Crippen LogP contribution in [0.3, 0.4) is 0 Å². The van der Waals surface area contributed by atoms with E-state index in [2.05, 4.69) is 15.1 Å². The number of carbonyl (C=O) groups is 1. The van der Waals surface area contributed by atoms with E-state index >= 15 is 0 Å². The second-order valence-corrected chi connectivity index (χ2v) is 4.21. The van der Waals surface area contributed by atoms with Crippen molar-refractivity contribution in [3.8, 4) is 5.75 Å². The second-order valence-electron chi connectivity index (χ2n) is 4.21. The molecule has 0 bridgehead atoms. The Balaban J connectivity index is 2.27. The number of phenols is 1. The zero-order chi connectivity index (χ0) is 17.7. The van der Waals surface area contributed by atoms with Crippen molar-refractivity contribution < 1.29 is 19.7 Å². The number of nitrogens with one attached hydrogen (secondary N) is 1. The highest BCUT2D eigenvalue weighted by molar-refractivity contribution is 5.93. The van der Waals surface area contributed by atoms with E-state index < -0.39 is 32.9 Å². The summed E-state index contributed by atoms with van der Waals surface area (Å²) >= 11 is 0. The molecule has 1 aromatic heterocycles. The Morgan fingerprint density at radius 1 is 1.25 bits per heavy atom. The molecule has 0 fully saturated rings. The van der Waals surface area contributed by atoms with Crippen LogP contribution in [0.4, 0.5) is 11.4 Å². The number of phenolic OH excluding ortho intramolecular Hbond substituents is 1. The molecule has 2 N–H and O–H groups in total. The predicted molar refractivity (Wildman–Crippen MR) is 78.5 cm³/mol. The van der Waals surface area contributed by atoms with Gasteiger partial charge in [-0.1, -0.05) is 0 Å². The highest BCUT2D eigenvalue weighted by atomic mass is 16.6. The van der Waals surface area contributed by atoms with E-state index in [0.717, 1.165) is 12.3 Å². The molecule has 2 aromatic rings. The summed E-state index contributed by atoms with van der Waals surface area (Å²) in [4.78, 5) is 38.8. The number of aromatic hydroxyl groups is 1. The minimum absolute atomic E-state index is 0.0381. The zero-order valence-electron chi connectivity index (χ0n) is 11.7. The number of nitro groups is 2. The van der Waals surface area contributed by atoms with Crippen LogP contribution in [0.1, 0.15) is 16.1 Å². The number of non-ortho nitro benzene ring substituents is 1. The van der Waals surface area contributed by atoms with Crippen LogP contribution in [0.5, 0.6) is 5.75 Å². The molecule has 0 aliphatic rings.